The molecule has 0 atom stereocenters. The molecule has 0 aliphatic carbocycles. The van der Waals surface area contributed by atoms with Crippen LogP contribution in [0, 0.1) is 12.3 Å². The predicted molar refractivity (Wildman–Crippen MR) is 53.6 cm³/mol. The number of hydrogen-bond donors (Lipinski definition) is 1. The van der Waals surface area contributed by atoms with Gasteiger partial charge in [0.1, 0.15) is 17.2 Å². The molecule has 1 aromatic heterocycles. The summed E-state index contributed by atoms with van der Waals surface area (Å²) in [5, 5.41) is 3.60. The maximum Gasteiger partial charge on any atom is 0.148 e. The van der Waals surface area contributed by atoms with Crippen LogP contribution < -0.4 is 5.32 Å². The lowest BCUT2D eigenvalue weighted by Gasteiger charge is -2.04. The quantitative estimate of drug-likeness (QED) is 0.590. The van der Waals surface area contributed by atoms with E-state index < -0.39 is 0 Å². The van der Waals surface area contributed by atoms with Crippen molar-refractivity contribution in [3.8, 4) is 12.3 Å². The lowest BCUT2D eigenvalue weighted by atomic mass is 10.3. The Bertz CT molecular complexity index is 306. The van der Waals surface area contributed by atoms with Crippen LogP contribution in [0.25, 0.3) is 0 Å². The molecule has 0 amide bonds. The molecule has 0 unspecified atom stereocenters. The van der Waals surface area contributed by atoms with Gasteiger partial charge in [0.05, 0.1) is 6.20 Å². The Kier molecular flexibility index (Phi) is 4.07. The van der Waals surface area contributed by atoms with Crippen molar-refractivity contribution in [1.29, 1.82) is 0 Å². The van der Waals surface area contributed by atoms with Gasteiger partial charge in [-0.1, -0.05) is 11.6 Å². The van der Waals surface area contributed by atoms with Crippen LogP contribution in [0.15, 0.2) is 12.5 Å². The average molecular weight is 196 g/mol. The van der Waals surface area contributed by atoms with E-state index in [9.17, 15) is 0 Å². The van der Waals surface area contributed by atoms with E-state index in [-0.39, 0.29) is 0 Å². The van der Waals surface area contributed by atoms with Gasteiger partial charge in [-0.3, -0.25) is 0 Å². The molecule has 0 aromatic carbocycles. The molecule has 0 aliphatic heterocycles. The van der Waals surface area contributed by atoms with Crippen molar-refractivity contribution in [2.75, 3.05) is 11.9 Å². The zero-order valence-electron chi connectivity index (χ0n) is 7.13. The maximum absolute atomic E-state index is 5.81. The summed E-state index contributed by atoms with van der Waals surface area (Å²) in [6, 6.07) is 0. The minimum Gasteiger partial charge on any atom is -0.369 e. The summed E-state index contributed by atoms with van der Waals surface area (Å²) >= 11 is 5.81. The first-order valence-corrected chi connectivity index (χ1v) is 4.35. The predicted octanol–water partition coefficient (Wildman–Crippen LogP) is 1.96. The van der Waals surface area contributed by atoms with Crippen LogP contribution in [0.4, 0.5) is 5.82 Å². The highest BCUT2D eigenvalue weighted by Crippen LogP contribution is 2.15. The standard InChI is InChI=1S/C9H10ClN3/c1-2-3-4-5-12-9-8(10)6-11-7-13-9/h1,6-7H,3-5H2,(H,11,12,13). The van der Waals surface area contributed by atoms with Gasteiger partial charge in [-0.15, -0.1) is 12.3 Å². The Hall–Kier alpha value is -1.27. The molecule has 1 aromatic rings. The molecular formula is C9H10ClN3. The van der Waals surface area contributed by atoms with E-state index in [0.29, 0.717) is 10.8 Å². The van der Waals surface area contributed by atoms with Crippen LogP contribution in [-0.2, 0) is 0 Å². The number of terminal acetylenes is 1. The van der Waals surface area contributed by atoms with E-state index in [1.807, 2.05) is 0 Å². The minimum atomic E-state index is 0.531. The molecule has 1 heterocycles. The average Bonchev–Trinajstić information content (AvgIpc) is 2.15. The van der Waals surface area contributed by atoms with E-state index >= 15 is 0 Å². The second-order valence-electron chi connectivity index (χ2n) is 2.45. The first-order chi connectivity index (χ1) is 6.34. The van der Waals surface area contributed by atoms with Gasteiger partial charge >= 0.3 is 0 Å². The van der Waals surface area contributed by atoms with Gasteiger partial charge in [0.25, 0.3) is 0 Å². The number of aromatic nitrogens is 2. The van der Waals surface area contributed by atoms with Gasteiger partial charge in [0.2, 0.25) is 0 Å². The van der Waals surface area contributed by atoms with Crippen LogP contribution in [0.1, 0.15) is 12.8 Å². The van der Waals surface area contributed by atoms with Crippen LogP contribution >= 0.6 is 11.6 Å². The van der Waals surface area contributed by atoms with Crippen molar-refractivity contribution >= 4 is 17.4 Å². The zero-order valence-corrected chi connectivity index (χ0v) is 7.88. The zero-order chi connectivity index (χ0) is 9.52. The van der Waals surface area contributed by atoms with Crippen molar-refractivity contribution in [3.05, 3.63) is 17.5 Å². The smallest absolute Gasteiger partial charge is 0.148 e. The van der Waals surface area contributed by atoms with E-state index in [1.54, 1.807) is 6.20 Å². The number of anilines is 1. The number of nitrogens with zero attached hydrogens (tertiary/aromatic N) is 2. The summed E-state index contributed by atoms with van der Waals surface area (Å²) in [6.07, 6.45) is 9.79. The fourth-order valence-corrected chi connectivity index (χ4v) is 1.01. The highest BCUT2D eigenvalue weighted by molar-refractivity contribution is 6.32. The Labute approximate surface area is 82.5 Å². The van der Waals surface area contributed by atoms with Gasteiger partial charge < -0.3 is 5.32 Å². The normalized spacial score (nSPS) is 9.23. The number of nitrogens with one attached hydrogen (secondary N) is 1. The maximum atomic E-state index is 5.81. The molecule has 13 heavy (non-hydrogen) atoms. The topological polar surface area (TPSA) is 37.8 Å². The van der Waals surface area contributed by atoms with E-state index in [2.05, 4.69) is 21.2 Å². The van der Waals surface area contributed by atoms with Gasteiger partial charge in [0.15, 0.2) is 0 Å². The third-order valence-electron chi connectivity index (χ3n) is 1.46. The van der Waals surface area contributed by atoms with E-state index in [0.717, 1.165) is 19.4 Å². The number of halogens is 1. The molecular weight excluding hydrogens is 186 g/mol. The third-order valence-corrected chi connectivity index (χ3v) is 1.73. The van der Waals surface area contributed by atoms with Crippen molar-refractivity contribution in [2.24, 2.45) is 0 Å². The highest BCUT2D eigenvalue weighted by atomic mass is 35.5. The summed E-state index contributed by atoms with van der Waals surface area (Å²) in [5.41, 5.74) is 0. The molecule has 3 nitrogen and oxygen atoms in total. The van der Waals surface area contributed by atoms with Crippen molar-refractivity contribution < 1.29 is 0 Å². The van der Waals surface area contributed by atoms with Crippen molar-refractivity contribution in [1.82, 2.24) is 9.97 Å². The Morgan fingerprint density at radius 1 is 1.62 bits per heavy atom. The van der Waals surface area contributed by atoms with Crippen LogP contribution in [0.3, 0.4) is 0 Å². The minimum absolute atomic E-state index is 0.531. The summed E-state index contributed by atoms with van der Waals surface area (Å²) in [4.78, 5) is 7.74. The largest absolute Gasteiger partial charge is 0.369 e. The van der Waals surface area contributed by atoms with Gasteiger partial charge in [-0.2, -0.15) is 0 Å². The fraction of sp³-hybridized carbons (Fsp3) is 0.333. The molecule has 4 heteroatoms. The first-order valence-electron chi connectivity index (χ1n) is 3.97. The number of rotatable bonds is 4. The molecule has 0 saturated carbocycles. The lowest BCUT2D eigenvalue weighted by molar-refractivity contribution is 0.899. The van der Waals surface area contributed by atoms with Crippen molar-refractivity contribution in [2.45, 2.75) is 12.8 Å². The molecule has 1 N–H and O–H groups in total. The molecule has 0 radical (unpaired) electrons. The number of hydrogen-bond acceptors (Lipinski definition) is 3. The monoisotopic (exact) mass is 195 g/mol. The summed E-state index contributed by atoms with van der Waals surface area (Å²) < 4.78 is 0. The Balaban J connectivity index is 2.37. The molecule has 0 spiro atoms. The fourth-order valence-electron chi connectivity index (χ4n) is 0.840. The molecule has 0 aliphatic rings. The molecule has 1 rings (SSSR count). The van der Waals surface area contributed by atoms with Crippen LogP contribution in [0.2, 0.25) is 5.02 Å². The van der Waals surface area contributed by atoms with Crippen LogP contribution in [0.5, 0.6) is 0 Å². The van der Waals surface area contributed by atoms with Gasteiger partial charge in [0, 0.05) is 13.0 Å². The van der Waals surface area contributed by atoms with E-state index in [1.165, 1.54) is 6.33 Å². The summed E-state index contributed by atoms with van der Waals surface area (Å²) in [6.45, 7) is 0.779. The first kappa shape index (κ1) is 9.82. The molecule has 0 fully saturated rings. The lowest BCUT2D eigenvalue weighted by Crippen LogP contribution is -2.03. The molecule has 0 bridgehead atoms. The number of unbranched alkanes of at least 4 members (excludes halogenated alkanes) is 1. The summed E-state index contributed by atoms with van der Waals surface area (Å²) in [7, 11) is 0. The third kappa shape index (κ3) is 3.30. The highest BCUT2D eigenvalue weighted by Gasteiger charge is 1.98. The van der Waals surface area contributed by atoms with Crippen LogP contribution in [-0.4, -0.2) is 16.5 Å². The molecule has 68 valence electrons. The Morgan fingerprint density at radius 2 is 2.46 bits per heavy atom. The van der Waals surface area contributed by atoms with Gasteiger partial charge in [-0.05, 0) is 6.42 Å². The summed E-state index contributed by atoms with van der Waals surface area (Å²) in [5.74, 6) is 3.22. The van der Waals surface area contributed by atoms with Crippen molar-refractivity contribution in [3.63, 3.8) is 0 Å². The second kappa shape index (κ2) is 5.39. The second-order valence-corrected chi connectivity index (χ2v) is 2.86. The van der Waals surface area contributed by atoms with E-state index in [4.69, 9.17) is 18.0 Å². The molecule has 0 saturated heterocycles. The Morgan fingerprint density at radius 3 is 3.15 bits per heavy atom. The SMILES string of the molecule is C#CCCCNc1ncncc1Cl. The van der Waals surface area contributed by atoms with Gasteiger partial charge in [-0.25, -0.2) is 9.97 Å².